The first-order chi connectivity index (χ1) is 6.46. The predicted molar refractivity (Wildman–Crippen MR) is 62.5 cm³/mol. The molecule has 0 aromatic rings. The number of hydrogen-bond donors (Lipinski definition) is 2. The molecule has 86 valence electrons. The van der Waals surface area contributed by atoms with Gasteiger partial charge in [0.2, 0.25) is 0 Å². The molecule has 2 atom stereocenters. The highest BCUT2D eigenvalue weighted by Crippen LogP contribution is 2.16. The van der Waals surface area contributed by atoms with Gasteiger partial charge >= 0.3 is 0 Å². The van der Waals surface area contributed by atoms with Crippen molar-refractivity contribution >= 4 is 0 Å². The Balaban J connectivity index is 4.14. The monoisotopic (exact) mass is 201 g/mol. The molecule has 0 saturated heterocycles. The first-order valence-corrected chi connectivity index (χ1v) is 5.85. The summed E-state index contributed by atoms with van der Waals surface area (Å²) in [5.41, 5.74) is -0.150. The van der Waals surface area contributed by atoms with Gasteiger partial charge in [0.25, 0.3) is 0 Å². The molecule has 0 aliphatic rings. The minimum atomic E-state index is -0.150. The van der Waals surface area contributed by atoms with E-state index in [4.69, 9.17) is 0 Å². The molecule has 0 bridgehead atoms. The zero-order valence-electron chi connectivity index (χ0n) is 10.4. The maximum Gasteiger partial charge on any atom is 0.0607 e. The number of nitrogens with one attached hydrogen (secondary N) is 1. The van der Waals surface area contributed by atoms with Crippen LogP contribution in [-0.4, -0.2) is 23.3 Å². The lowest BCUT2D eigenvalue weighted by Crippen LogP contribution is -2.50. The summed E-state index contributed by atoms with van der Waals surface area (Å²) in [6, 6.07) is 0.525. The molecule has 0 aliphatic carbocycles. The van der Waals surface area contributed by atoms with E-state index in [1.54, 1.807) is 0 Å². The molecule has 0 aliphatic heterocycles. The van der Waals surface area contributed by atoms with Crippen LogP contribution in [0.4, 0.5) is 0 Å². The van der Waals surface area contributed by atoms with Gasteiger partial charge in [-0.3, -0.25) is 0 Å². The fraction of sp³-hybridized carbons (Fsp3) is 1.00. The lowest BCUT2D eigenvalue weighted by molar-refractivity contribution is 0.158. The lowest BCUT2D eigenvalue weighted by Gasteiger charge is -2.33. The summed E-state index contributed by atoms with van der Waals surface area (Å²) in [6.45, 7) is 11.0. The van der Waals surface area contributed by atoms with E-state index in [0.717, 1.165) is 6.42 Å². The Morgan fingerprint density at radius 1 is 1.29 bits per heavy atom. The number of aliphatic hydroxyl groups excluding tert-OH is 1. The third-order valence-electron chi connectivity index (χ3n) is 2.84. The minimum absolute atomic E-state index is 0.150. The standard InChI is InChI=1S/C12H27NO/c1-6-8-10(3)11(7-2)13-12(4,5)9-14/h10-11,13-14H,6-9H2,1-5H3. The van der Waals surface area contributed by atoms with E-state index >= 15 is 0 Å². The van der Waals surface area contributed by atoms with Gasteiger partial charge in [0.05, 0.1) is 6.61 Å². The Hall–Kier alpha value is -0.0800. The zero-order chi connectivity index (χ0) is 11.2. The Bertz CT molecular complexity index is 145. The second-order valence-electron chi connectivity index (χ2n) is 4.97. The topological polar surface area (TPSA) is 32.3 Å². The van der Waals surface area contributed by atoms with E-state index in [9.17, 15) is 5.11 Å². The zero-order valence-corrected chi connectivity index (χ0v) is 10.4. The number of hydrogen-bond acceptors (Lipinski definition) is 2. The molecule has 0 heterocycles. The van der Waals surface area contributed by atoms with E-state index in [0.29, 0.717) is 12.0 Å². The van der Waals surface area contributed by atoms with E-state index in [1.807, 2.05) is 13.8 Å². The Kier molecular flexibility index (Phi) is 6.38. The molecule has 2 heteroatoms. The quantitative estimate of drug-likeness (QED) is 0.663. The highest BCUT2D eigenvalue weighted by Gasteiger charge is 2.23. The molecule has 0 rings (SSSR count). The van der Waals surface area contributed by atoms with Crippen molar-refractivity contribution in [2.75, 3.05) is 6.61 Å². The third-order valence-corrected chi connectivity index (χ3v) is 2.84. The van der Waals surface area contributed by atoms with Crippen LogP contribution in [0.3, 0.4) is 0 Å². The average molecular weight is 201 g/mol. The second kappa shape index (κ2) is 6.41. The normalized spacial score (nSPS) is 16.7. The molecule has 0 amide bonds. The van der Waals surface area contributed by atoms with Crippen LogP contribution in [0, 0.1) is 5.92 Å². The van der Waals surface area contributed by atoms with Gasteiger partial charge in [-0.25, -0.2) is 0 Å². The van der Waals surface area contributed by atoms with Gasteiger partial charge in [0, 0.05) is 11.6 Å². The van der Waals surface area contributed by atoms with Gasteiger partial charge in [-0.2, -0.15) is 0 Å². The minimum Gasteiger partial charge on any atom is -0.394 e. The first-order valence-electron chi connectivity index (χ1n) is 5.85. The summed E-state index contributed by atoms with van der Waals surface area (Å²) in [5, 5.41) is 12.7. The Morgan fingerprint density at radius 2 is 1.86 bits per heavy atom. The number of rotatable bonds is 7. The van der Waals surface area contributed by atoms with Crippen molar-refractivity contribution in [3.05, 3.63) is 0 Å². The average Bonchev–Trinajstić information content (AvgIpc) is 2.14. The molecule has 2 unspecified atom stereocenters. The van der Waals surface area contributed by atoms with Crippen LogP contribution in [0.25, 0.3) is 0 Å². The Morgan fingerprint density at radius 3 is 2.21 bits per heavy atom. The van der Waals surface area contributed by atoms with Crippen molar-refractivity contribution in [3.63, 3.8) is 0 Å². The van der Waals surface area contributed by atoms with Crippen molar-refractivity contribution in [1.29, 1.82) is 0 Å². The van der Waals surface area contributed by atoms with Crippen LogP contribution in [0.5, 0.6) is 0 Å². The highest BCUT2D eigenvalue weighted by atomic mass is 16.3. The molecule has 0 radical (unpaired) electrons. The fourth-order valence-corrected chi connectivity index (χ4v) is 1.85. The van der Waals surface area contributed by atoms with Gasteiger partial charge in [-0.15, -0.1) is 0 Å². The first kappa shape index (κ1) is 13.9. The number of aliphatic hydroxyl groups is 1. The van der Waals surface area contributed by atoms with E-state index in [2.05, 4.69) is 26.1 Å². The molecule has 0 aromatic carbocycles. The van der Waals surface area contributed by atoms with Crippen LogP contribution in [0.15, 0.2) is 0 Å². The summed E-state index contributed by atoms with van der Waals surface area (Å²) in [5.74, 6) is 0.691. The van der Waals surface area contributed by atoms with Crippen molar-refractivity contribution < 1.29 is 5.11 Å². The summed E-state index contributed by atoms with van der Waals surface area (Å²) in [6.07, 6.45) is 3.62. The second-order valence-corrected chi connectivity index (χ2v) is 4.97. The molecular weight excluding hydrogens is 174 g/mol. The summed E-state index contributed by atoms with van der Waals surface area (Å²) < 4.78 is 0. The maximum atomic E-state index is 9.19. The SMILES string of the molecule is CCCC(C)C(CC)NC(C)(C)CO. The summed E-state index contributed by atoms with van der Waals surface area (Å²) in [4.78, 5) is 0. The highest BCUT2D eigenvalue weighted by molar-refractivity contribution is 4.83. The van der Waals surface area contributed by atoms with E-state index in [1.165, 1.54) is 12.8 Å². The van der Waals surface area contributed by atoms with Crippen molar-refractivity contribution in [2.24, 2.45) is 5.92 Å². The molecule has 0 fully saturated rings. The predicted octanol–water partition coefficient (Wildman–Crippen LogP) is 2.56. The van der Waals surface area contributed by atoms with Crippen LogP contribution < -0.4 is 5.32 Å². The molecular formula is C12H27NO. The smallest absolute Gasteiger partial charge is 0.0607 e. The Labute approximate surface area is 89.1 Å². The van der Waals surface area contributed by atoms with Crippen molar-refractivity contribution in [2.45, 2.75) is 65.5 Å². The van der Waals surface area contributed by atoms with E-state index in [-0.39, 0.29) is 12.1 Å². The maximum absolute atomic E-state index is 9.19. The van der Waals surface area contributed by atoms with Gasteiger partial charge in [0.15, 0.2) is 0 Å². The van der Waals surface area contributed by atoms with Crippen molar-refractivity contribution in [3.8, 4) is 0 Å². The summed E-state index contributed by atoms with van der Waals surface area (Å²) >= 11 is 0. The van der Waals surface area contributed by atoms with Gasteiger partial charge in [-0.05, 0) is 32.6 Å². The molecule has 2 N–H and O–H groups in total. The lowest BCUT2D eigenvalue weighted by atomic mass is 9.92. The van der Waals surface area contributed by atoms with Gasteiger partial charge in [0.1, 0.15) is 0 Å². The van der Waals surface area contributed by atoms with Gasteiger partial charge < -0.3 is 10.4 Å². The van der Waals surface area contributed by atoms with Gasteiger partial charge in [-0.1, -0.05) is 27.2 Å². The molecule has 0 spiro atoms. The fourth-order valence-electron chi connectivity index (χ4n) is 1.85. The summed E-state index contributed by atoms with van der Waals surface area (Å²) in [7, 11) is 0. The largest absolute Gasteiger partial charge is 0.394 e. The molecule has 2 nitrogen and oxygen atoms in total. The van der Waals surface area contributed by atoms with Crippen LogP contribution in [0.1, 0.15) is 53.9 Å². The third kappa shape index (κ3) is 4.97. The molecule has 0 aromatic heterocycles. The van der Waals surface area contributed by atoms with Crippen molar-refractivity contribution in [1.82, 2.24) is 5.32 Å². The van der Waals surface area contributed by atoms with Crippen LogP contribution in [-0.2, 0) is 0 Å². The molecule has 14 heavy (non-hydrogen) atoms. The van der Waals surface area contributed by atoms with Crippen LogP contribution >= 0.6 is 0 Å². The van der Waals surface area contributed by atoms with Crippen LogP contribution in [0.2, 0.25) is 0 Å². The molecule has 0 saturated carbocycles. The van der Waals surface area contributed by atoms with E-state index < -0.39 is 0 Å².